The van der Waals surface area contributed by atoms with Crippen LogP contribution in [0.2, 0.25) is 0 Å². The first-order chi connectivity index (χ1) is 14.6. The third-order valence-corrected chi connectivity index (χ3v) is 5.69. The molecule has 0 bridgehead atoms. The summed E-state index contributed by atoms with van der Waals surface area (Å²) in [5.74, 6) is -0.749. The van der Waals surface area contributed by atoms with Crippen molar-refractivity contribution in [1.82, 2.24) is 15.6 Å². The highest BCUT2D eigenvalue weighted by molar-refractivity contribution is 7.17. The van der Waals surface area contributed by atoms with E-state index in [0.29, 0.717) is 12.8 Å². The molecule has 0 saturated heterocycles. The highest BCUT2D eigenvalue weighted by Gasteiger charge is 2.37. The normalized spacial score (nSPS) is 19.4. The molecule has 0 aromatic carbocycles. The van der Waals surface area contributed by atoms with Crippen LogP contribution in [0.1, 0.15) is 35.7 Å². The van der Waals surface area contributed by atoms with E-state index in [1.54, 1.807) is 6.92 Å². The average molecular weight is 461 g/mol. The second kappa shape index (κ2) is 9.27. The summed E-state index contributed by atoms with van der Waals surface area (Å²) in [6, 6.07) is 0.620. The molecule has 1 fully saturated rings. The number of thiophene rings is 1. The minimum absolute atomic E-state index is 0.0551. The summed E-state index contributed by atoms with van der Waals surface area (Å²) < 4.78 is 56.1. The van der Waals surface area contributed by atoms with Crippen LogP contribution in [0.25, 0.3) is 10.2 Å². The lowest BCUT2D eigenvalue weighted by molar-refractivity contribution is -0.136. The predicted octanol–water partition coefficient (Wildman–Crippen LogP) is 3.35. The van der Waals surface area contributed by atoms with Crippen molar-refractivity contribution >= 4 is 33.6 Å². The summed E-state index contributed by atoms with van der Waals surface area (Å²) in [4.78, 5) is 27.9. The van der Waals surface area contributed by atoms with Crippen molar-refractivity contribution in [3.8, 4) is 5.88 Å². The standard InChI is InChI=1S/C19H22F3N3O5S/c1-9(7-28-3)29-18(27)24-10-4-11(5-10)30-14-6-13(19(20,21)22)16-15(25-14)12(8-31-16)17(26)23-2/h6,8-11H,4-5,7H2,1-3H3,(H,23,26)(H,24,27)/t9-,10?,11?/m1/s1. The second-order valence-corrected chi connectivity index (χ2v) is 8.02. The van der Waals surface area contributed by atoms with Crippen LogP contribution in [0.15, 0.2) is 11.4 Å². The van der Waals surface area contributed by atoms with Gasteiger partial charge in [0.15, 0.2) is 0 Å². The predicted molar refractivity (Wildman–Crippen MR) is 106 cm³/mol. The molecule has 1 saturated carbocycles. The molecule has 2 N–H and O–H groups in total. The van der Waals surface area contributed by atoms with Gasteiger partial charge in [0.25, 0.3) is 5.91 Å². The molecule has 2 aromatic rings. The molecule has 31 heavy (non-hydrogen) atoms. The van der Waals surface area contributed by atoms with Gasteiger partial charge < -0.3 is 24.8 Å². The number of ether oxygens (including phenoxy) is 3. The smallest absolute Gasteiger partial charge is 0.418 e. The zero-order chi connectivity index (χ0) is 22.8. The molecule has 1 aliphatic carbocycles. The van der Waals surface area contributed by atoms with E-state index in [-0.39, 0.29) is 34.3 Å². The number of halogens is 3. The van der Waals surface area contributed by atoms with Crippen LogP contribution < -0.4 is 15.4 Å². The number of amides is 2. The number of nitrogens with zero attached hydrogens (tertiary/aromatic N) is 1. The number of fused-ring (bicyclic) bond motifs is 1. The quantitative estimate of drug-likeness (QED) is 0.656. The van der Waals surface area contributed by atoms with Crippen LogP contribution in [0, 0.1) is 0 Å². The van der Waals surface area contributed by atoms with Gasteiger partial charge in [-0.2, -0.15) is 13.2 Å². The van der Waals surface area contributed by atoms with Gasteiger partial charge >= 0.3 is 12.3 Å². The van der Waals surface area contributed by atoms with Gasteiger partial charge in [0, 0.05) is 44.5 Å². The Balaban J connectivity index is 1.69. The van der Waals surface area contributed by atoms with Crippen molar-refractivity contribution in [2.24, 2.45) is 0 Å². The van der Waals surface area contributed by atoms with Crippen molar-refractivity contribution in [1.29, 1.82) is 0 Å². The maximum Gasteiger partial charge on any atom is 0.418 e. The van der Waals surface area contributed by atoms with Crippen LogP contribution in [0.5, 0.6) is 5.88 Å². The number of hydrogen-bond acceptors (Lipinski definition) is 7. The van der Waals surface area contributed by atoms with Gasteiger partial charge in [0.05, 0.1) is 28.0 Å². The van der Waals surface area contributed by atoms with Crippen LogP contribution in [0.4, 0.5) is 18.0 Å². The Morgan fingerprint density at radius 3 is 2.68 bits per heavy atom. The Morgan fingerprint density at radius 2 is 2.06 bits per heavy atom. The summed E-state index contributed by atoms with van der Waals surface area (Å²) in [5, 5.41) is 6.40. The SMILES string of the molecule is CNC(=O)c1csc2c(C(F)(F)F)cc(OC3CC(NC(=O)O[C@H](C)COC)C3)nc12. The highest BCUT2D eigenvalue weighted by atomic mass is 32.1. The van der Waals surface area contributed by atoms with Crippen LogP contribution in [0.3, 0.4) is 0 Å². The number of methoxy groups -OCH3 is 1. The minimum Gasteiger partial charge on any atom is -0.474 e. The largest absolute Gasteiger partial charge is 0.474 e. The molecule has 2 heterocycles. The molecule has 12 heteroatoms. The maximum absolute atomic E-state index is 13.5. The monoisotopic (exact) mass is 461 g/mol. The number of alkyl halides is 3. The molecule has 3 rings (SSSR count). The molecule has 0 spiro atoms. The summed E-state index contributed by atoms with van der Waals surface area (Å²) in [5.41, 5.74) is -0.907. The van der Waals surface area contributed by atoms with Crippen molar-refractivity contribution in [3.63, 3.8) is 0 Å². The highest BCUT2D eigenvalue weighted by Crippen LogP contribution is 2.40. The molecular weight excluding hydrogens is 439 g/mol. The van der Waals surface area contributed by atoms with E-state index in [0.717, 1.165) is 17.4 Å². The third kappa shape index (κ3) is 5.37. The Labute approximate surface area is 180 Å². The van der Waals surface area contributed by atoms with Crippen molar-refractivity contribution < 1.29 is 37.0 Å². The number of carbonyl (C=O) groups excluding carboxylic acids is 2. The van der Waals surface area contributed by atoms with Gasteiger partial charge in [-0.3, -0.25) is 4.79 Å². The third-order valence-electron chi connectivity index (χ3n) is 4.69. The van der Waals surface area contributed by atoms with E-state index < -0.39 is 35.9 Å². The van der Waals surface area contributed by atoms with Crippen LogP contribution in [-0.2, 0) is 15.7 Å². The minimum atomic E-state index is -4.63. The first-order valence-electron chi connectivity index (χ1n) is 9.46. The van der Waals surface area contributed by atoms with E-state index in [1.165, 1.54) is 19.5 Å². The number of nitrogens with one attached hydrogen (secondary N) is 2. The Kier molecular flexibility index (Phi) is 6.90. The molecular formula is C19H22F3N3O5S. The summed E-state index contributed by atoms with van der Waals surface area (Å²) in [7, 11) is 2.88. The molecule has 0 radical (unpaired) electrons. The first kappa shape index (κ1) is 23.1. The van der Waals surface area contributed by atoms with Crippen LogP contribution >= 0.6 is 11.3 Å². The fraction of sp³-hybridized carbons (Fsp3) is 0.526. The second-order valence-electron chi connectivity index (χ2n) is 7.14. The number of alkyl carbamates (subject to hydrolysis) is 1. The molecule has 0 aliphatic heterocycles. The van der Waals surface area contributed by atoms with Crippen molar-refractivity contribution in [3.05, 3.63) is 22.6 Å². The van der Waals surface area contributed by atoms with E-state index in [9.17, 15) is 22.8 Å². The van der Waals surface area contributed by atoms with Gasteiger partial charge in [-0.05, 0) is 6.92 Å². The number of aromatic nitrogens is 1. The number of hydrogen-bond donors (Lipinski definition) is 2. The summed E-state index contributed by atoms with van der Waals surface area (Å²) >= 11 is 0.805. The van der Waals surface area contributed by atoms with Gasteiger partial charge in [0.1, 0.15) is 12.2 Å². The molecule has 1 aliphatic rings. The topological polar surface area (TPSA) is 98.8 Å². The zero-order valence-corrected chi connectivity index (χ0v) is 17.9. The van der Waals surface area contributed by atoms with Gasteiger partial charge in [-0.15, -0.1) is 11.3 Å². The molecule has 2 aromatic heterocycles. The number of rotatable bonds is 7. The molecule has 8 nitrogen and oxygen atoms in total. The van der Waals surface area contributed by atoms with Gasteiger partial charge in [0.2, 0.25) is 5.88 Å². The van der Waals surface area contributed by atoms with Crippen molar-refractivity contribution in [2.75, 3.05) is 20.8 Å². The molecule has 0 unspecified atom stereocenters. The Hall–Kier alpha value is -2.60. The molecule has 170 valence electrons. The lowest BCUT2D eigenvalue weighted by atomic mass is 9.89. The molecule has 2 amide bonds. The number of pyridine rings is 1. The number of carbonyl (C=O) groups is 2. The molecule has 1 atom stereocenters. The Morgan fingerprint density at radius 1 is 1.35 bits per heavy atom. The van der Waals surface area contributed by atoms with E-state index in [4.69, 9.17) is 14.2 Å². The summed E-state index contributed by atoms with van der Waals surface area (Å²) in [6.07, 6.45) is -5.28. The van der Waals surface area contributed by atoms with Crippen molar-refractivity contribution in [2.45, 2.75) is 44.2 Å². The van der Waals surface area contributed by atoms with Gasteiger partial charge in [-0.1, -0.05) is 0 Å². The maximum atomic E-state index is 13.5. The lowest BCUT2D eigenvalue weighted by Gasteiger charge is -2.35. The van der Waals surface area contributed by atoms with E-state index >= 15 is 0 Å². The fourth-order valence-electron chi connectivity index (χ4n) is 3.15. The van der Waals surface area contributed by atoms with Gasteiger partial charge in [-0.25, -0.2) is 9.78 Å². The van der Waals surface area contributed by atoms with Crippen LogP contribution in [-0.4, -0.2) is 56.0 Å². The lowest BCUT2D eigenvalue weighted by Crippen LogP contribution is -2.49. The zero-order valence-electron chi connectivity index (χ0n) is 17.0. The average Bonchev–Trinajstić information content (AvgIpc) is 3.08. The summed E-state index contributed by atoms with van der Waals surface area (Å²) in [6.45, 7) is 1.95. The first-order valence-corrected chi connectivity index (χ1v) is 10.3. The Bertz CT molecular complexity index is 959. The van der Waals surface area contributed by atoms with E-state index in [1.807, 2.05) is 0 Å². The fourth-order valence-corrected chi connectivity index (χ4v) is 4.18. The van der Waals surface area contributed by atoms with E-state index in [2.05, 4.69) is 15.6 Å².